The molecule has 5 heteroatoms. The van der Waals surface area contributed by atoms with Crippen LogP contribution in [0.5, 0.6) is 6.01 Å². The largest absolute Gasteiger partial charge is 0.467 e. The maximum absolute atomic E-state index is 4.88. The number of hydrogen-bond acceptors (Lipinski definition) is 5. The summed E-state index contributed by atoms with van der Waals surface area (Å²) in [6, 6.07) is 2.14. The molecule has 0 aliphatic heterocycles. The van der Waals surface area contributed by atoms with Gasteiger partial charge in [0.1, 0.15) is 5.82 Å². The molecule has 0 spiro atoms. The predicted molar refractivity (Wildman–Crippen MR) is 48.9 cm³/mol. The van der Waals surface area contributed by atoms with Gasteiger partial charge in [-0.3, -0.25) is 0 Å². The zero-order valence-corrected chi connectivity index (χ0v) is 7.78. The second-order valence-electron chi connectivity index (χ2n) is 2.35. The molecule has 72 valence electrons. The zero-order chi connectivity index (χ0) is 9.52. The fourth-order valence-electron chi connectivity index (χ4n) is 0.819. The van der Waals surface area contributed by atoms with Crippen molar-refractivity contribution in [2.75, 3.05) is 32.7 Å². The van der Waals surface area contributed by atoms with Crippen molar-refractivity contribution in [3.63, 3.8) is 0 Å². The quantitative estimate of drug-likeness (QED) is 0.675. The maximum atomic E-state index is 4.88. The van der Waals surface area contributed by atoms with E-state index in [9.17, 15) is 0 Å². The van der Waals surface area contributed by atoms with E-state index >= 15 is 0 Å². The molecule has 13 heavy (non-hydrogen) atoms. The van der Waals surface area contributed by atoms with E-state index in [1.165, 1.54) is 7.11 Å². The Morgan fingerprint density at radius 2 is 2.31 bits per heavy atom. The summed E-state index contributed by atoms with van der Waals surface area (Å²) in [6.45, 7) is 1.36. The van der Waals surface area contributed by atoms with Gasteiger partial charge in [-0.2, -0.15) is 4.98 Å². The Labute approximate surface area is 77.1 Å². The number of nitrogens with one attached hydrogen (secondary N) is 1. The molecule has 0 aliphatic rings. The molecule has 0 amide bonds. The number of rotatable bonds is 5. The predicted octanol–water partition coefficient (Wildman–Crippen LogP) is 0.543. The van der Waals surface area contributed by atoms with Gasteiger partial charge in [0.25, 0.3) is 0 Å². The van der Waals surface area contributed by atoms with Crippen molar-refractivity contribution in [3.05, 3.63) is 12.3 Å². The van der Waals surface area contributed by atoms with Gasteiger partial charge in [0, 0.05) is 19.9 Å². The Balaban J connectivity index is 2.46. The van der Waals surface area contributed by atoms with E-state index < -0.39 is 0 Å². The van der Waals surface area contributed by atoms with Crippen LogP contribution in [0.15, 0.2) is 12.3 Å². The fraction of sp³-hybridized carbons (Fsp3) is 0.500. The highest BCUT2D eigenvalue weighted by atomic mass is 16.5. The van der Waals surface area contributed by atoms with Crippen molar-refractivity contribution in [1.29, 1.82) is 0 Å². The molecule has 0 fully saturated rings. The molecule has 0 aromatic carbocycles. The molecule has 1 heterocycles. The van der Waals surface area contributed by atoms with Crippen molar-refractivity contribution in [3.8, 4) is 6.01 Å². The summed E-state index contributed by atoms with van der Waals surface area (Å²) in [4.78, 5) is 7.94. The first-order valence-electron chi connectivity index (χ1n) is 3.96. The lowest BCUT2D eigenvalue weighted by atomic mass is 10.5. The van der Waals surface area contributed by atoms with E-state index in [1.807, 2.05) is 0 Å². The molecule has 1 rings (SSSR count). The average Bonchev–Trinajstić information content (AvgIpc) is 2.19. The minimum atomic E-state index is 0.363. The molecule has 5 nitrogen and oxygen atoms in total. The van der Waals surface area contributed by atoms with E-state index in [-0.39, 0.29) is 0 Å². The smallest absolute Gasteiger partial charge is 0.318 e. The summed E-state index contributed by atoms with van der Waals surface area (Å²) in [7, 11) is 3.19. The lowest BCUT2D eigenvalue weighted by molar-refractivity contribution is 0.210. The van der Waals surface area contributed by atoms with Gasteiger partial charge in [-0.05, 0) is 6.07 Å². The molecule has 0 unspecified atom stereocenters. The lowest BCUT2D eigenvalue weighted by Gasteiger charge is -2.04. The minimum absolute atomic E-state index is 0.363. The van der Waals surface area contributed by atoms with Crippen LogP contribution in [0.2, 0.25) is 0 Å². The number of methoxy groups -OCH3 is 2. The van der Waals surface area contributed by atoms with Crippen LogP contribution >= 0.6 is 0 Å². The van der Waals surface area contributed by atoms with Gasteiger partial charge in [-0.25, -0.2) is 4.98 Å². The van der Waals surface area contributed by atoms with Crippen LogP contribution in [-0.2, 0) is 4.74 Å². The number of hydrogen-bond donors (Lipinski definition) is 1. The van der Waals surface area contributed by atoms with Gasteiger partial charge in [0.05, 0.1) is 13.7 Å². The molecule has 1 N–H and O–H groups in total. The molecule has 1 aromatic heterocycles. The molecule has 0 aliphatic carbocycles. The van der Waals surface area contributed by atoms with E-state index in [0.29, 0.717) is 12.6 Å². The number of aromatic nitrogens is 2. The van der Waals surface area contributed by atoms with Crippen LogP contribution in [0.25, 0.3) is 0 Å². The first-order chi connectivity index (χ1) is 6.36. The van der Waals surface area contributed by atoms with Crippen LogP contribution < -0.4 is 10.1 Å². The molecule has 0 saturated heterocycles. The van der Waals surface area contributed by atoms with E-state index in [0.717, 1.165) is 12.4 Å². The maximum Gasteiger partial charge on any atom is 0.318 e. The van der Waals surface area contributed by atoms with Crippen LogP contribution in [0, 0.1) is 0 Å². The summed E-state index contributed by atoms with van der Waals surface area (Å²) < 4.78 is 9.75. The fourth-order valence-corrected chi connectivity index (χ4v) is 0.819. The Kier molecular flexibility index (Phi) is 3.98. The first kappa shape index (κ1) is 9.73. The molecular weight excluding hydrogens is 170 g/mol. The van der Waals surface area contributed by atoms with Crippen LogP contribution in [0.4, 0.5) is 5.82 Å². The Hall–Kier alpha value is -1.36. The molecule has 1 aromatic rings. The van der Waals surface area contributed by atoms with Crippen molar-refractivity contribution in [2.45, 2.75) is 0 Å². The summed E-state index contributed by atoms with van der Waals surface area (Å²) in [5.41, 5.74) is 0. The van der Waals surface area contributed by atoms with Gasteiger partial charge in [0.15, 0.2) is 0 Å². The van der Waals surface area contributed by atoms with E-state index in [4.69, 9.17) is 9.47 Å². The molecule has 0 atom stereocenters. The highest BCUT2D eigenvalue weighted by molar-refractivity contribution is 5.33. The monoisotopic (exact) mass is 183 g/mol. The van der Waals surface area contributed by atoms with Gasteiger partial charge < -0.3 is 14.8 Å². The van der Waals surface area contributed by atoms with Crippen molar-refractivity contribution in [1.82, 2.24) is 9.97 Å². The van der Waals surface area contributed by atoms with E-state index in [1.54, 1.807) is 19.4 Å². The van der Waals surface area contributed by atoms with Gasteiger partial charge in [0.2, 0.25) is 0 Å². The highest BCUT2D eigenvalue weighted by Crippen LogP contribution is 2.05. The Morgan fingerprint density at radius 1 is 1.46 bits per heavy atom. The highest BCUT2D eigenvalue weighted by Gasteiger charge is 1.96. The van der Waals surface area contributed by atoms with Gasteiger partial charge in [-0.15, -0.1) is 0 Å². The molecule has 0 radical (unpaired) electrons. The Morgan fingerprint density at radius 3 is 3.00 bits per heavy atom. The average molecular weight is 183 g/mol. The third kappa shape index (κ3) is 3.25. The van der Waals surface area contributed by atoms with E-state index in [2.05, 4.69) is 15.3 Å². The molecule has 0 saturated carbocycles. The van der Waals surface area contributed by atoms with Crippen LogP contribution in [0.3, 0.4) is 0 Å². The van der Waals surface area contributed by atoms with Crippen molar-refractivity contribution in [2.24, 2.45) is 0 Å². The lowest BCUT2D eigenvalue weighted by Crippen LogP contribution is -2.09. The van der Waals surface area contributed by atoms with Crippen LogP contribution in [-0.4, -0.2) is 37.3 Å². The molecule has 0 bridgehead atoms. The number of anilines is 1. The van der Waals surface area contributed by atoms with Crippen molar-refractivity contribution < 1.29 is 9.47 Å². The Bertz CT molecular complexity index is 255. The topological polar surface area (TPSA) is 56.3 Å². The third-order valence-electron chi connectivity index (χ3n) is 1.43. The minimum Gasteiger partial charge on any atom is -0.467 e. The normalized spacial score (nSPS) is 9.69. The van der Waals surface area contributed by atoms with Crippen LogP contribution in [0.1, 0.15) is 0 Å². The standard InChI is InChI=1S/C8H13N3O2/c1-12-6-5-9-7-3-4-10-8(11-7)13-2/h3-4H,5-6H2,1-2H3,(H,9,10,11). The molecular formula is C8H13N3O2. The zero-order valence-electron chi connectivity index (χ0n) is 7.78. The summed E-state index contributed by atoms with van der Waals surface area (Å²) in [5, 5.41) is 3.06. The van der Waals surface area contributed by atoms with Gasteiger partial charge >= 0.3 is 6.01 Å². The third-order valence-corrected chi connectivity index (χ3v) is 1.43. The second kappa shape index (κ2) is 5.31. The summed E-state index contributed by atoms with van der Waals surface area (Å²) in [5.74, 6) is 0.740. The first-order valence-corrected chi connectivity index (χ1v) is 3.96. The number of ether oxygens (including phenoxy) is 2. The number of nitrogens with zero attached hydrogens (tertiary/aromatic N) is 2. The van der Waals surface area contributed by atoms with Crippen molar-refractivity contribution >= 4 is 5.82 Å². The summed E-state index contributed by atoms with van der Waals surface area (Å²) in [6.07, 6.45) is 1.64. The second-order valence-corrected chi connectivity index (χ2v) is 2.35. The SMILES string of the molecule is COCCNc1ccnc(OC)n1. The summed E-state index contributed by atoms with van der Waals surface area (Å²) >= 11 is 0. The van der Waals surface area contributed by atoms with Gasteiger partial charge in [-0.1, -0.05) is 0 Å².